The number of nitrogens with one attached hydrogen (secondary N) is 1. The number of hydrogen-bond acceptors (Lipinski definition) is 9. The monoisotopic (exact) mass is 861 g/mol. The van der Waals surface area contributed by atoms with Gasteiger partial charge in [-0.3, -0.25) is 9.59 Å². The van der Waals surface area contributed by atoms with Crippen LogP contribution in [0.5, 0.6) is 0 Å². The maximum Gasteiger partial charge on any atom is 1.00 e. The third-order valence-corrected chi connectivity index (χ3v) is 7.13. The van der Waals surface area contributed by atoms with E-state index >= 15 is 0 Å². The Morgan fingerprint density at radius 2 is 1.68 bits per heavy atom. The molecule has 0 aliphatic heterocycles. The molecular formula is C27H29ClF2IK2N5O2S4. The molecule has 44 heavy (non-hydrogen) atoms. The average Bonchev–Trinajstić information content (AvgIpc) is 3.29. The molecule has 0 spiro atoms. The molecule has 0 aliphatic carbocycles. The first kappa shape index (κ1) is 49.5. The predicted octanol–water partition coefficient (Wildman–Crippen LogP) is 1.74. The van der Waals surface area contributed by atoms with Crippen molar-refractivity contribution < 1.29 is 121 Å². The predicted molar refractivity (Wildman–Crippen MR) is 186 cm³/mol. The molecule has 0 fully saturated rings. The van der Waals surface area contributed by atoms with Gasteiger partial charge >= 0.3 is 103 Å². The number of hydrogen-bond donors (Lipinski definition) is 2. The third-order valence-electron chi connectivity index (χ3n) is 4.58. The summed E-state index contributed by atoms with van der Waals surface area (Å²) in [4.78, 5) is 30.1. The van der Waals surface area contributed by atoms with Gasteiger partial charge < -0.3 is 36.3 Å². The summed E-state index contributed by atoms with van der Waals surface area (Å²) in [6, 6.07) is 9.38. The zero-order valence-corrected chi connectivity index (χ0v) is 37.6. The number of rotatable bonds is 7. The number of aryl methyl sites for hydroxylation is 2. The van der Waals surface area contributed by atoms with Crippen molar-refractivity contribution >= 4 is 110 Å². The zero-order valence-electron chi connectivity index (χ0n) is 25.2. The van der Waals surface area contributed by atoms with Gasteiger partial charge in [-0.1, -0.05) is 72.5 Å². The summed E-state index contributed by atoms with van der Waals surface area (Å²) in [7, 11) is 0. The number of alkyl halides is 2. The molecule has 0 aliphatic rings. The number of Topliss-reactive ketones (excluding diaryl/α,β-unsaturated/α-hetero) is 1. The van der Waals surface area contributed by atoms with Gasteiger partial charge in [-0.05, 0) is 52.9 Å². The van der Waals surface area contributed by atoms with Crippen molar-refractivity contribution in [2.75, 3.05) is 27.1 Å². The molecule has 3 rings (SSSR count). The van der Waals surface area contributed by atoms with Crippen LogP contribution in [0, 0.1) is 32.1 Å². The molecule has 0 unspecified atom stereocenters. The maximum atomic E-state index is 13.7. The summed E-state index contributed by atoms with van der Waals surface area (Å²) in [5, 5.41) is 5.52. The molecule has 228 valence electrons. The number of ketones is 1. The molecule has 0 bridgehead atoms. The Hall–Kier alpha value is 1.11. The Bertz CT molecular complexity index is 1350. The number of thioether (sulfide) groups is 1. The van der Waals surface area contributed by atoms with E-state index in [1.165, 1.54) is 39.7 Å². The molecule has 17 heteroatoms. The number of nitrogens with two attached hydrogens (primary N) is 1. The maximum absolute atomic E-state index is 13.7. The number of anilines is 2. The first-order valence-electron chi connectivity index (χ1n) is 12.0. The Morgan fingerprint density at radius 3 is 2.11 bits per heavy atom. The van der Waals surface area contributed by atoms with E-state index in [0.29, 0.717) is 16.0 Å². The van der Waals surface area contributed by atoms with E-state index < -0.39 is 11.7 Å². The van der Waals surface area contributed by atoms with Gasteiger partial charge in [-0.15, -0.1) is 27.9 Å². The number of aromatic nitrogens is 1. The van der Waals surface area contributed by atoms with Crippen LogP contribution in [-0.2, 0) is 36.5 Å². The molecule has 1 amide bonds. The first-order chi connectivity index (χ1) is 19.9. The van der Waals surface area contributed by atoms with Gasteiger partial charge in [0.2, 0.25) is 0 Å². The van der Waals surface area contributed by atoms with Crippen LogP contribution in [-0.4, -0.2) is 37.1 Å². The average molecular weight is 862 g/mol. The van der Waals surface area contributed by atoms with Crippen molar-refractivity contribution in [3.63, 3.8) is 0 Å². The summed E-state index contributed by atoms with van der Waals surface area (Å²) < 4.78 is 28.8. The van der Waals surface area contributed by atoms with E-state index in [-0.39, 0.29) is 143 Å². The number of benzene rings is 2. The third kappa shape index (κ3) is 20.5. The van der Waals surface area contributed by atoms with Crippen molar-refractivity contribution in [3.05, 3.63) is 81.1 Å². The second-order valence-corrected chi connectivity index (χ2v) is 13.0. The van der Waals surface area contributed by atoms with Gasteiger partial charge in [0.15, 0.2) is 10.1 Å². The van der Waals surface area contributed by atoms with Crippen LogP contribution in [0.1, 0.15) is 40.2 Å². The Morgan fingerprint density at radius 1 is 1.14 bits per heavy atom. The molecule has 0 saturated carbocycles. The van der Waals surface area contributed by atoms with Crippen molar-refractivity contribution in [3.8, 4) is 0 Å². The van der Waals surface area contributed by atoms with E-state index in [9.17, 15) is 18.4 Å². The normalized spacial score (nSPS) is 8.98. The minimum atomic E-state index is -0.468. The van der Waals surface area contributed by atoms with Crippen LogP contribution in [0.3, 0.4) is 0 Å². The molecule has 0 atom stereocenters. The quantitative estimate of drug-likeness (QED) is 0.0430. The number of para-hydroxylation sites is 1. The fraction of sp³-hybridized carbons (Fsp3) is 0.296. The van der Waals surface area contributed by atoms with Gasteiger partial charge in [-0.2, -0.15) is 10.9 Å². The summed E-state index contributed by atoms with van der Waals surface area (Å²) in [6.45, 7) is 13.6. The zero-order chi connectivity index (χ0) is 32.2. The van der Waals surface area contributed by atoms with E-state index in [0.717, 1.165) is 15.7 Å². The second kappa shape index (κ2) is 29.1. The van der Waals surface area contributed by atoms with Crippen molar-refractivity contribution in [1.29, 1.82) is 0 Å². The molecule has 0 saturated heterocycles. The minimum Gasteiger partial charge on any atom is -0.782 e. The van der Waals surface area contributed by atoms with Gasteiger partial charge in [0, 0.05) is 11.5 Å². The molecule has 3 N–H and O–H groups in total. The van der Waals surface area contributed by atoms with Crippen LogP contribution >= 0.6 is 57.3 Å². The van der Waals surface area contributed by atoms with E-state index in [1.54, 1.807) is 38.1 Å². The Labute approximate surface area is 381 Å². The molecule has 3 aromatic rings. The molecular weight excluding hydrogens is 833 g/mol. The smallest absolute Gasteiger partial charge is 0.782 e. The standard InChI is InChI=1S/C13H14FN3OS2.C10H10ClFO.C2H5I.C2H2N2S2.2K/c1-3-19-13-17-11(15)10(20-13)12(18)16-9-7(2)5-4-6-8(9)14;1-7-3-2-4-10(12)9(7)5-8(13)6-11;1-2-3;1-3-4-2(5)6;;/h4-6H,3,15H2,1-2H3,(H,16,18);2-4H,5-6H2,1H3;2H2,1H3;(H2,4,5,6);;/q;;;;2*+1/p-2. The summed E-state index contributed by atoms with van der Waals surface area (Å²) in [5.41, 5.74) is 7.81. The van der Waals surface area contributed by atoms with Gasteiger partial charge in [0.25, 0.3) is 5.91 Å². The fourth-order valence-corrected chi connectivity index (χ4v) is 4.83. The number of amides is 1. The first-order valence-corrected chi connectivity index (χ1v) is 16.7. The van der Waals surface area contributed by atoms with Gasteiger partial charge in [0.05, 0.1) is 11.6 Å². The SMILES string of the molecule is CCI.CCSc1nc(N)c(C(=O)Nc2c(C)cccc2F)s1.Cc1cccc(F)c1CC(=O)CCl.[C-]#[N+]N=C([S-])[S-].[K+].[K+]. The number of halogens is 4. The summed E-state index contributed by atoms with van der Waals surface area (Å²) in [6.07, 6.45) is 0.0853. The Kier molecular flexibility index (Phi) is 32.7. The molecule has 0 radical (unpaired) electrons. The number of nitrogens with zero attached hydrogens (tertiary/aromatic N) is 3. The van der Waals surface area contributed by atoms with Crippen LogP contribution < -0.4 is 114 Å². The Balaban J connectivity index is -0.000000605. The molecule has 2 aromatic carbocycles. The van der Waals surface area contributed by atoms with Crippen LogP contribution in [0.2, 0.25) is 0 Å². The largest absolute Gasteiger partial charge is 1.00 e. The number of carbonyl (C=O) groups excluding carboxylic acids is 2. The van der Waals surface area contributed by atoms with Crippen molar-refractivity contribution in [1.82, 2.24) is 4.98 Å². The minimum absolute atomic E-state index is 0. The fourth-order valence-electron chi connectivity index (χ4n) is 2.80. The van der Waals surface area contributed by atoms with E-state index in [2.05, 4.69) is 75.1 Å². The van der Waals surface area contributed by atoms with E-state index in [4.69, 9.17) is 23.9 Å². The molecule has 7 nitrogen and oxygen atoms in total. The van der Waals surface area contributed by atoms with Gasteiger partial charge in [0.1, 0.15) is 22.3 Å². The number of carbonyl (C=O) groups is 2. The van der Waals surface area contributed by atoms with Crippen molar-refractivity contribution in [2.45, 2.75) is 38.5 Å². The second-order valence-electron chi connectivity index (χ2n) is 7.63. The van der Waals surface area contributed by atoms with Crippen LogP contribution in [0.15, 0.2) is 45.8 Å². The number of thiazole rings is 1. The van der Waals surface area contributed by atoms with Crippen LogP contribution in [0.25, 0.3) is 4.95 Å². The van der Waals surface area contributed by atoms with Crippen molar-refractivity contribution in [2.24, 2.45) is 5.10 Å². The summed E-state index contributed by atoms with van der Waals surface area (Å²) >= 11 is 18.8. The molecule has 1 heterocycles. The van der Waals surface area contributed by atoms with Crippen LogP contribution in [0.4, 0.5) is 20.3 Å². The van der Waals surface area contributed by atoms with Gasteiger partial charge in [-0.25, -0.2) is 13.8 Å². The summed E-state index contributed by atoms with van der Waals surface area (Å²) in [5.74, 6) is -0.430. The van der Waals surface area contributed by atoms with E-state index in [1.807, 2.05) is 6.92 Å². The topological polar surface area (TPSA) is 102 Å². The number of nitrogen functional groups attached to an aromatic ring is 1. The molecule has 1 aromatic heterocycles.